The smallest absolute Gasteiger partial charge is 0.0205 e. The van der Waals surface area contributed by atoms with E-state index in [-0.39, 0.29) is 0 Å². The highest BCUT2D eigenvalue weighted by Gasteiger charge is 1.95. The largest absolute Gasteiger partial charge is 0.313 e. The van der Waals surface area contributed by atoms with Gasteiger partial charge in [-0.15, -0.1) is 0 Å². The fourth-order valence-corrected chi connectivity index (χ4v) is 2.32. The van der Waals surface area contributed by atoms with Crippen LogP contribution in [0, 0.1) is 13.8 Å². The van der Waals surface area contributed by atoms with Crippen LogP contribution in [0.1, 0.15) is 36.0 Å². The lowest BCUT2D eigenvalue weighted by Gasteiger charge is -2.07. The van der Waals surface area contributed by atoms with Crippen LogP contribution in [0.25, 0.3) is 0 Å². The molecule has 90 valence electrons. The molecule has 1 aromatic carbocycles. The Kier molecular flexibility index (Phi) is 6.74. The van der Waals surface area contributed by atoms with E-state index in [0.29, 0.717) is 0 Å². The molecule has 0 amide bonds. The van der Waals surface area contributed by atoms with E-state index in [1.807, 2.05) is 0 Å². The molecule has 0 bridgehead atoms. The van der Waals surface area contributed by atoms with Gasteiger partial charge in [-0.25, -0.2) is 0 Å². The molecule has 0 saturated heterocycles. The SMILES string of the molecule is Cc1cc(C)cc(CNCCCCCBr)c1. The zero-order valence-corrected chi connectivity index (χ0v) is 11.9. The van der Waals surface area contributed by atoms with Gasteiger partial charge in [0.1, 0.15) is 0 Å². The first-order valence-electron chi connectivity index (χ1n) is 6.06. The van der Waals surface area contributed by atoms with Crippen LogP contribution in [-0.4, -0.2) is 11.9 Å². The van der Waals surface area contributed by atoms with Gasteiger partial charge in [0, 0.05) is 11.9 Å². The minimum Gasteiger partial charge on any atom is -0.313 e. The highest BCUT2D eigenvalue weighted by molar-refractivity contribution is 9.09. The first kappa shape index (κ1) is 13.7. The molecule has 1 N–H and O–H groups in total. The van der Waals surface area contributed by atoms with Crippen molar-refractivity contribution in [3.8, 4) is 0 Å². The van der Waals surface area contributed by atoms with Gasteiger partial charge in [0.25, 0.3) is 0 Å². The number of rotatable bonds is 7. The molecule has 0 aliphatic heterocycles. The Bertz CT molecular complexity index is 289. The standard InChI is InChI=1S/C14H22BrN/c1-12-8-13(2)10-14(9-12)11-16-7-5-3-4-6-15/h8-10,16H,3-7,11H2,1-2H3. The van der Waals surface area contributed by atoms with Crippen LogP contribution in [0.3, 0.4) is 0 Å². The third-order valence-electron chi connectivity index (χ3n) is 2.60. The van der Waals surface area contributed by atoms with Crippen molar-refractivity contribution in [1.82, 2.24) is 5.32 Å². The normalized spacial score (nSPS) is 10.7. The molecule has 1 rings (SSSR count). The molecule has 16 heavy (non-hydrogen) atoms. The number of halogens is 1. The summed E-state index contributed by atoms with van der Waals surface area (Å²) in [5.74, 6) is 0. The molecular weight excluding hydrogens is 262 g/mol. The van der Waals surface area contributed by atoms with Crippen LogP contribution in [0.15, 0.2) is 18.2 Å². The fourth-order valence-electron chi connectivity index (χ4n) is 1.93. The van der Waals surface area contributed by atoms with Crippen LogP contribution >= 0.6 is 15.9 Å². The van der Waals surface area contributed by atoms with Gasteiger partial charge >= 0.3 is 0 Å². The van der Waals surface area contributed by atoms with Gasteiger partial charge in [0.2, 0.25) is 0 Å². The molecule has 1 aromatic rings. The molecule has 0 aliphatic rings. The van der Waals surface area contributed by atoms with E-state index < -0.39 is 0 Å². The van der Waals surface area contributed by atoms with Gasteiger partial charge in [0.15, 0.2) is 0 Å². The summed E-state index contributed by atoms with van der Waals surface area (Å²) >= 11 is 3.45. The predicted octanol–water partition coefficient (Wildman–Crippen LogP) is 3.96. The molecule has 0 aliphatic carbocycles. The first-order chi connectivity index (χ1) is 7.72. The van der Waals surface area contributed by atoms with Gasteiger partial charge < -0.3 is 5.32 Å². The number of benzene rings is 1. The van der Waals surface area contributed by atoms with Crippen molar-refractivity contribution in [2.45, 2.75) is 39.7 Å². The molecule has 0 saturated carbocycles. The Hall–Kier alpha value is -0.340. The lowest BCUT2D eigenvalue weighted by atomic mass is 10.1. The summed E-state index contributed by atoms with van der Waals surface area (Å²) in [6.07, 6.45) is 3.87. The molecule has 0 atom stereocenters. The van der Waals surface area contributed by atoms with Crippen LogP contribution in [-0.2, 0) is 6.54 Å². The van der Waals surface area contributed by atoms with E-state index in [0.717, 1.165) is 18.4 Å². The Labute approximate surface area is 108 Å². The predicted molar refractivity (Wildman–Crippen MR) is 75.3 cm³/mol. The summed E-state index contributed by atoms with van der Waals surface area (Å²) in [4.78, 5) is 0. The highest BCUT2D eigenvalue weighted by atomic mass is 79.9. The zero-order chi connectivity index (χ0) is 11.8. The van der Waals surface area contributed by atoms with Gasteiger partial charge in [-0.05, 0) is 38.8 Å². The van der Waals surface area contributed by atoms with E-state index in [1.165, 1.54) is 36.0 Å². The van der Waals surface area contributed by atoms with Crippen molar-refractivity contribution < 1.29 is 0 Å². The van der Waals surface area contributed by atoms with Crippen molar-refractivity contribution in [2.24, 2.45) is 0 Å². The molecule has 0 radical (unpaired) electrons. The molecule has 0 unspecified atom stereocenters. The second kappa shape index (κ2) is 7.86. The average molecular weight is 284 g/mol. The van der Waals surface area contributed by atoms with E-state index >= 15 is 0 Å². The minimum atomic E-state index is 0.997. The van der Waals surface area contributed by atoms with Gasteiger partial charge in [-0.2, -0.15) is 0 Å². The maximum Gasteiger partial charge on any atom is 0.0205 e. The summed E-state index contributed by atoms with van der Waals surface area (Å²) in [6.45, 7) is 6.44. The van der Waals surface area contributed by atoms with Crippen molar-refractivity contribution >= 4 is 15.9 Å². The molecular formula is C14H22BrN. The Morgan fingerprint density at radius 2 is 1.69 bits per heavy atom. The maximum absolute atomic E-state index is 3.50. The number of aryl methyl sites for hydroxylation is 2. The van der Waals surface area contributed by atoms with Crippen molar-refractivity contribution in [3.63, 3.8) is 0 Å². The highest BCUT2D eigenvalue weighted by Crippen LogP contribution is 2.08. The van der Waals surface area contributed by atoms with Crippen molar-refractivity contribution in [1.29, 1.82) is 0 Å². The Morgan fingerprint density at radius 3 is 2.31 bits per heavy atom. The lowest BCUT2D eigenvalue weighted by Crippen LogP contribution is -2.14. The van der Waals surface area contributed by atoms with Crippen LogP contribution in [0.2, 0.25) is 0 Å². The third-order valence-corrected chi connectivity index (χ3v) is 3.16. The summed E-state index contributed by atoms with van der Waals surface area (Å²) in [5.41, 5.74) is 4.12. The van der Waals surface area contributed by atoms with E-state index in [9.17, 15) is 0 Å². The summed E-state index contributed by atoms with van der Waals surface area (Å²) in [6, 6.07) is 6.75. The number of unbranched alkanes of at least 4 members (excludes halogenated alkanes) is 2. The Balaban J connectivity index is 2.21. The van der Waals surface area contributed by atoms with Gasteiger partial charge in [0.05, 0.1) is 0 Å². The van der Waals surface area contributed by atoms with Gasteiger partial charge in [-0.1, -0.05) is 51.7 Å². The second-order valence-corrected chi connectivity index (χ2v) is 5.22. The first-order valence-corrected chi connectivity index (χ1v) is 7.18. The van der Waals surface area contributed by atoms with Crippen LogP contribution in [0.4, 0.5) is 0 Å². The van der Waals surface area contributed by atoms with Crippen LogP contribution in [0.5, 0.6) is 0 Å². The van der Waals surface area contributed by atoms with E-state index in [4.69, 9.17) is 0 Å². The number of alkyl halides is 1. The van der Waals surface area contributed by atoms with E-state index in [1.54, 1.807) is 0 Å². The minimum absolute atomic E-state index is 0.997. The zero-order valence-electron chi connectivity index (χ0n) is 10.4. The number of hydrogen-bond donors (Lipinski definition) is 1. The monoisotopic (exact) mass is 283 g/mol. The fraction of sp³-hybridized carbons (Fsp3) is 0.571. The Morgan fingerprint density at radius 1 is 1.00 bits per heavy atom. The summed E-state index contributed by atoms with van der Waals surface area (Å²) in [5, 5.41) is 4.63. The van der Waals surface area contributed by atoms with Crippen molar-refractivity contribution in [2.75, 3.05) is 11.9 Å². The molecule has 2 heteroatoms. The second-order valence-electron chi connectivity index (χ2n) is 4.42. The van der Waals surface area contributed by atoms with Crippen LogP contribution < -0.4 is 5.32 Å². The molecule has 0 heterocycles. The lowest BCUT2D eigenvalue weighted by molar-refractivity contribution is 0.619. The molecule has 0 spiro atoms. The van der Waals surface area contributed by atoms with Gasteiger partial charge in [-0.3, -0.25) is 0 Å². The molecule has 0 aromatic heterocycles. The molecule has 1 nitrogen and oxygen atoms in total. The topological polar surface area (TPSA) is 12.0 Å². The quantitative estimate of drug-likeness (QED) is 0.590. The third kappa shape index (κ3) is 5.66. The average Bonchev–Trinajstić information content (AvgIpc) is 2.22. The molecule has 0 fully saturated rings. The number of hydrogen-bond acceptors (Lipinski definition) is 1. The maximum atomic E-state index is 3.50. The van der Waals surface area contributed by atoms with Crippen molar-refractivity contribution in [3.05, 3.63) is 34.9 Å². The number of nitrogens with one attached hydrogen (secondary N) is 1. The summed E-state index contributed by atoms with van der Waals surface area (Å²) in [7, 11) is 0. The summed E-state index contributed by atoms with van der Waals surface area (Å²) < 4.78 is 0. The van der Waals surface area contributed by atoms with E-state index in [2.05, 4.69) is 53.3 Å².